The molecule has 0 spiro atoms. The lowest BCUT2D eigenvalue weighted by Gasteiger charge is -2.17. The van der Waals surface area contributed by atoms with Crippen molar-refractivity contribution >= 4 is 40.4 Å². The summed E-state index contributed by atoms with van der Waals surface area (Å²) < 4.78 is 32.8. The lowest BCUT2D eigenvalue weighted by atomic mass is 9.88. The number of carboxylic acid groups (broad SMARTS) is 1. The fourth-order valence-corrected chi connectivity index (χ4v) is 4.80. The van der Waals surface area contributed by atoms with Crippen molar-refractivity contribution in [2.24, 2.45) is 0 Å². The number of nitrogens with one attached hydrogen (secondary N) is 2. The van der Waals surface area contributed by atoms with E-state index in [1.165, 1.54) is 24.3 Å². The van der Waals surface area contributed by atoms with E-state index < -0.39 is 17.7 Å². The molecule has 0 radical (unpaired) electrons. The maximum absolute atomic E-state index is 13.4. The number of aryl methyl sites for hydroxylation is 2. The summed E-state index contributed by atoms with van der Waals surface area (Å²) in [6.07, 6.45) is -0.111. The van der Waals surface area contributed by atoms with E-state index in [0.717, 1.165) is 11.1 Å². The minimum Gasteiger partial charge on any atom is -0.481 e. The fraction of sp³-hybridized carbons (Fsp3) is 0.156. The highest BCUT2D eigenvalue weighted by Gasteiger charge is 2.19. The number of carbonyl (C=O) groups is 2. The van der Waals surface area contributed by atoms with E-state index in [2.05, 4.69) is 15.6 Å². The fourth-order valence-electron chi connectivity index (χ4n) is 4.80. The molecule has 208 valence electrons. The molecule has 0 bridgehead atoms. The van der Waals surface area contributed by atoms with Crippen LogP contribution in [0.4, 0.5) is 26.2 Å². The van der Waals surface area contributed by atoms with Gasteiger partial charge in [-0.05, 0) is 90.2 Å². The summed E-state index contributed by atoms with van der Waals surface area (Å²) in [6.45, 7) is 3.63. The SMILES string of the molecule is Cc1cc(F)ccc1Nc1nc2ccc(CC(=O)Nc3cccc(C(CC(=O)O)c4ccc(F)cc4)c3)c(C)c2o1. The summed E-state index contributed by atoms with van der Waals surface area (Å²) in [5.74, 6) is -2.50. The van der Waals surface area contributed by atoms with Gasteiger partial charge in [-0.2, -0.15) is 4.98 Å². The number of oxazole rings is 1. The Morgan fingerprint density at radius 1 is 0.927 bits per heavy atom. The van der Waals surface area contributed by atoms with Crippen molar-refractivity contribution in [1.82, 2.24) is 4.98 Å². The number of carboxylic acids is 1. The van der Waals surface area contributed by atoms with Crippen molar-refractivity contribution in [3.8, 4) is 0 Å². The van der Waals surface area contributed by atoms with Gasteiger partial charge >= 0.3 is 5.97 Å². The molecule has 5 rings (SSSR count). The molecule has 41 heavy (non-hydrogen) atoms. The lowest BCUT2D eigenvalue weighted by Crippen LogP contribution is -2.15. The highest BCUT2D eigenvalue weighted by molar-refractivity contribution is 5.93. The van der Waals surface area contributed by atoms with Crippen LogP contribution in [0.25, 0.3) is 11.1 Å². The molecule has 1 aromatic heterocycles. The van der Waals surface area contributed by atoms with Gasteiger partial charge in [0.05, 0.1) is 12.8 Å². The number of aliphatic carboxylic acids is 1. The second kappa shape index (κ2) is 11.6. The van der Waals surface area contributed by atoms with Gasteiger partial charge in [0, 0.05) is 17.3 Å². The lowest BCUT2D eigenvalue weighted by molar-refractivity contribution is -0.137. The van der Waals surface area contributed by atoms with E-state index in [1.54, 1.807) is 55.5 Å². The molecule has 7 nitrogen and oxygen atoms in total. The number of nitrogens with zero attached hydrogens (tertiary/aromatic N) is 1. The average Bonchev–Trinajstić information content (AvgIpc) is 3.35. The summed E-state index contributed by atoms with van der Waals surface area (Å²) in [7, 11) is 0. The van der Waals surface area contributed by atoms with Crippen molar-refractivity contribution in [2.45, 2.75) is 32.6 Å². The van der Waals surface area contributed by atoms with E-state index in [4.69, 9.17) is 4.42 Å². The third-order valence-corrected chi connectivity index (χ3v) is 6.92. The van der Waals surface area contributed by atoms with E-state index >= 15 is 0 Å². The third-order valence-electron chi connectivity index (χ3n) is 6.92. The maximum Gasteiger partial charge on any atom is 0.304 e. The molecule has 0 fully saturated rings. The number of fused-ring (bicyclic) bond motifs is 1. The Bertz CT molecular complexity index is 1750. The molecule has 1 amide bonds. The molecule has 0 aliphatic rings. The molecule has 1 atom stereocenters. The van der Waals surface area contributed by atoms with E-state index in [1.807, 2.05) is 13.0 Å². The monoisotopic (exact) mass is 555 g/mol. The number of rotatable bonds is 9. The topological polar surface area (TPSA) is 104 Å². The van der Waals surface area contributed by atoms with Gasteiger partial charge in [-0.3, -0.25) is 9.59 Å². The summed E-state index contributed by atoms with van der Waals surface area (Å²) in [5.41, 5.74) is 5.92. The summed E-state index contributed by atoms with van der Waals surface area (Å²) in [5, 5.41) is 15.4. The van der Waals surface area contributed by atoms with E-state index in [0.29, 0.717) is 39.2 Å². The van der Waals surface area contributed by atoms with Crippen molar-refractivity contribution < 1.29 is 27.9 Å². The summed E-state index contributed by atoms with van der Waals surface area (Å²) in [6, 6.07) is 21.0. The van der Waals surface area contributed by atoms with E-state index in [-0.39, 0.29) is 30.6 Å². The van der Waals surface area contributed by atoms with Gasteiger partial charge in [-0.1, -0.05) is 30.3 Å². The summed E-state index contributed by atoms with van der Waals surface area (Å²) in [4.78, 5) is 29.0. The average molecular weight is 556 g/mol. The van der Waals surface area contributed by atoms with Crippen LogP contribution in [0.1, 0.15) is 40.2 Å². The molecule has 0 aliphatic heterocycles. The molecule has 0 saturated heterocycles. The number of amides is 1. The van der Waals surface area contributed by atoms with Crippen LogP contribution in [0.3, 0.4) is 0 Å². The first-order valence-electron chi connectivity index (χ1n) is 13.0. The van der Waals surface area contributed by atoms with Crippen LogP contribution in [0.15, 0.2) is 83.3 Å². The Labute approximate surface area is 234 Å². The Kier molecular flexibility index (Phi) is 7.78. The molecular formula is C32H27F2N3O4. The number of benzene rings is 4. The first-order chi connectivity index (χ1) is 19.7. The molecule has 0 saturated carbocycles. The largest absolute Gasteiger partial charge is 0.481 e. The summed E-state index contributed by atoms with van der Waals surface area (Å²) >= 11 is 0. The number of carbonyl (C=O) groups excluding carboxylic acids is 1. The highest BCUT2D eigenvalue weighted by atomic mass is 19.1. The molecule has 5 aromatic rings. The molecule has 3 N–H and O–H groups in total. The van der Waals surface area contributed by atoms with Crippen LogP contribution in [0.5, 0.6) is 0 Å². The van der Waals surface area contributed by atoms with Crippen molar-refractivity contribution in [1.29, 1.82) is 0 Å². The number of hydrogen-bond donors (Lipinski definition) is 3. The van der Waals surface area contributed by atoms with Crippen molar-refractivity contribution in [3.63, 3.8) is 0 Å². The normalized spacial score (nSPS) is 11.8. The number of hydrogen-bond acceptors (Lipinski definition) is 5. The van der Waals surface area contributed by atoms with Gasteiger partial charge in [0.25, 0.3) is 6.01 Å². The number of anilines is 3. The second-order valence-corrected chi connectivity index (χ2v) is 9.85. The molecule has 1 heterocycles. The predicted octanol–water partition coefficient (Wildman–Crippen LogP) is 7.25. The molecule has 1 unspecified atom stereocenters. The third kappa shape index (κ3) is 6.41. The zero-order chi connectivity index (χ0) is 29.1. The van der Waals surface area contributed by atoms with Gasteiger partial charge in [-0.15, -0.1) is 0 Å². The maximum atomic E-state index is 13.4. The standard InChI is InChI=1S/C32H27F2N3O4/c1-18-14-24(34)11-13-27(18)36-32-37-28-12-8-21(19(2)31(28)41-32)16-29(38)35-25-5-3-4-22(15-25)26(17-30(39)40)20-6-9-23(33)10-7-20/h3-15,26H,16-17H2,1-2H3,(H,35,38)(H,36,37)(H,39,40). The van der Waals surface area contributed by atoms with Gasteiger partial charge < -0.3 is 20.2 Å². The minimum absolute atomic E-state index is 0.0725. The van der Waals surface area contributed by atoms with Crippen LogP contribution in [0, 0.1) is 25.5 Å². The van der Waals surface area contributed by atoms with Gasteiger partial charge in [0.2, 0.25) is 5.91 Å². The van der Waals surface area contributed by atoms with Crippen LogP contribution in [-0.2, 0) is 16.0 Å². The van der Waals surface area contributed by atoms with Crippen LogP contribution < -0.4 is 10.6 Å². The first-order valence-corrected chi connectivity index (χ1v) is 13.0. The van der Waals surface area contributed by atoms with Crippen molar-refractivity contribution in [2.75, 3.05) is 10.6 Å². The Morgan fingerprint density at radius 2 is 1.68 bits per heavy atom. The molecule has 4 aromatic carbocycles. The van der Waals surface area contributed by atoms with Crippen molar-refractivity contribution in [3.05, 3.63) is 118 Å². The number of aromatic nitrogens is 1. The number of halogens is 2. The quantitative estimate of drug-likeness (QED) is 0.177. The van der Waals surface area contributed by atoms with Gasteiger partial charge in [0.1, 0.15) is 17.2 Å². The Hall–Kier alpha value is -5.05. The smallest absolute Gasteiger partial charge is 0.304 e. The van der Waals surface area contributed by atoms with E-state index in [9.17, 15) is 23.5 Å². The molecule has 9 heteroatoms. The predicted molar refractivity (Wildman–Crippen MR) is 152 cm³/mol. The molecular weight excluding hydrogens is 528 g/mol. The van der Waals surface area contributed by atoms with Gasteiger partial charge in [-0.25, -0.2) is 8.78 Å². The second-order valence-electron chi connectivity index (χ2n) is 9.85. The van der Waals surface area contributed by atoms with Crippen LogP contribution in [0.2, 0.25) is 0 Å². The Morgan fingerprint density at radius 3 is 2.41 bits per heavy atom. The van der Waals surface area contributed by atoms with Crippen LogP contribution in [-0.4, -0.2) is 22.0 Å². The molecule has 0 aliphatic carbocycles. The zero-order valence-electron chi connectivity index (χ0n) is 22.4. The Balaban J connectivity index is 1.32. The van der Waals surface area contributed by atoms with Gasteiger partial charge in [0.15, 0.2) is 5.58 Å². The zero-order valence-corrected chi connectivity index (χ0v) is 22.4. The minimum atomic E-state index is -0.988. The highest BCUT2D eigenvalue weighted by Crippen LogP contribution is 2.31. The van der Waals surface area contributed by atoms with Crippen LogP contribution >= 0.6 is 0 Å². The first kappa shape index (κ1) is 27.5.